The average molecular weight is 246 g/mol. The van der Waals surface area contributed by atoms with Gasteiger partial charge in [0.1, 0.15) is 12.4 Å². The van der Waals surface area contributed by atoms with Crippen molar-refractivity contribution in [1.82, 2.24) is 4.98 Å². The van der Waals surface area contributed by atoms with Gasteiger partial charge in [-0.15, -0.1) is 0 Å². The number of esters is 1. The van der Waals surface area contributed by atoms with Crippen LogP contribution in [0.25, 0.3) is 0 Å². The van der Waals surface area contributed by atoms with Gasteiger partial charge in [0.2, 0.25) is 0 Å². The summed E-state index contributed by atoms with van der Waals surface area (Å²) in [6.07, 6.45) is 3.21. The highest BCUT2D eigenvalue weighted by Gasteiger charge is 2.12. The molecule has 0 unspecified atom stereocenters. The summed E-state index contributed by atoms with van der Waals surface area (Å²) >= 11 is 0. The zero-order valence-corrected chi connectivity index (χ0v) is 9.47. The van der Waals surface area contributed by atoms with Crippen LogP contribution in [0.5, 0.6) is 0 Å². The van der Waals surface area contributed by atoms with Gasteiger partial charge in [-0.25, -0.2) is 9.18 Å². The Balaban J connectivity index is 2.06. The number of hydrogen-bond acceptors (Lipinski definition) is 4. The Labute approximate surface area is 103 Å². The van der Waals surface area contributed by atoms with Crippen molar-refractivity contribution in [2.24, 2.45) is 0 Å². The van der Waals surface area contributed by atoms with E-state index in [0.29, 0.717) is 0 Å². The zero-order chi connectivity index (χ0) is 13.0. The molecule has 0 radical (unpaired) electrons. The summed E-state index contributed by atoms with van der Waals surface area (Å²) in [7, 11) is 0. The van der Waals surface area contributed by atoms with Crippen LogP contribution in [0.3, 0.4) is 0 Å². The first-order chi connectivity index (χ1) is 8.66. The quantitative estimate of drug-likeness (QED) is 0.665. The molecule has 4 nitrogen and oxygen atoms in total. The number of rotatable bonds is 3. The highest BCUT2D eigenvalue weighted by atomic mass is 19.1. The Morgan fingerprint density at radius 1 is 1.39 bits per heavy atom. The number of ether oxygens (including phenoxy) is 1. The molecule has 92 valence electrons. The first-order valence-corrected chi connectivity index (χ1v) is 5.28. The molecule has 0 aliphatic heterocycles. The molecule has 2 N–H and O–H groups in total. The Hall–Kier alpha value is -2.43. The number of pyridine rings is 1. The van der Waals surface area contributed by atoms with E-state index in [-0.39, 0.29) is 17.9 Å². The molecule has 1 heterocycles. The SMILES string of the molecule is Nc1ccc(F)cc1C(=O)OCc1cccnc1. The normalized spacial score (nSPS) is 10.1. The van der Waals surface area contributed by atoms with E-state index >= 15 is 0 Å². The van der Waals surface area contributed by atoms with Gasteiger partial charge in [-0.2, -0.15) is 0 Å². The molecule has 0 saturated carbocycles. The molecule has 0 spiro atoms. The lowest BCUT2D eigenvalue weighted by molar-refractivity contribution is 0.0473. The predicted molar refractivity (Wildman–Crippen MR) is 64.2 cm³/mol. The van der Waals surface area contributed by atoms with E-state index in [1.807, 2.05) is 0 Å². The molecular formula is C13H11FN2O2. The minimum Gasteiger partial charge on any atom is -0.457 e. The molecule has 2 aromatic rings. The lowest BCUT2D eigenvalue weighted by atomic mass is 10.2. The third-order valence-electron chi connectivity index (χ3n) is 2.33. The van der Waals surface area contributed by atoms with E-state index < -0.39 is 11.8 Å². The Morgan fingerprint density at radius 2 is 2.22 bits per heavy atom. The van der Waals surface area contributed by atoms with Crippen LogP contribution < -0.4 is 5.73 Å². The van der Waals surface area contributed by atoms with Crippen LogP contribution in [0, 0.1) is 5.82 Å². The molecule has 1 aromatic heterocycles. The van der Waals surface area contributed by atoms with Crippen LogP contribution in [0.15, 0.2) is 42.7 Å². The summed E-state index contributed by atoms with van der Waals surface area (Å²) < 4.78 is 18.0. The molecule has 5 heteroatoms. The molecule has 0 fully saturated rings. The van der Waals surface area contributed by atoms with E-state index in [1.54, 1.807) is 24.5 Å². The number of nitrogens with zero attached hydrogens (tertiary/aromatic N) is 1. The maximum atomic E-state index is 13.0. The van der Waals surface area contributed by atoms with Crippen LogP contribution in [0.1, 0.15) is 15.9 Å². The van der Waals surface area contributed by atoms with Gasteiger partial charge >= 0.3 is 5.97 Å². The highest BCUT2D eigenvalue weighted by Crippen LogP contribution is 2.15. The lowest BCUT2D eigenvalue weighted by Gasteiger charge is -2.06. The molecule has 0 aliphatic rings. The van der Waals surface area contributed by atoms with E-state index in [0.717, 1.165) is 11.6 Å². The topological polar surface area (TPSA) is 65.2 Å². The van der Waals surface area contributed by atoms with Gasteiger partial charge < -0.3 is 10.5 Å². The van der Waals surface area contributed by atoms with Gasteiger partial charge in [0.25, 0.3) is 0 Å². The monoisotopic (exact) mass is 246 g/mol. The molecule has 1 aromatic carbocycles. The minimum atomic E-state index is -0.657. The van der Waals surface area contributed by atoms with E-state index in [1.165, 1.54) is 12.1 Å². The third kappa shape index (κ3) is 2.82. The fraction of sp³-hybridized carbons (Fsp3) is 0.0769. The number of hydrogen-bond donors (Lipinski definition) is 1. The lowest BCUT2D eigenvalue weighted by Crippen LogP contribution is -2.08. The largest absolute Gasteiger partial charge is 0.457 e. The Bertz CT molecular complexity index is 558. The number of carbonyl (C=O) groups excluding carboxylic acids is 1. The fourth-order valence-corrected chi connectivity index (χ4v) is 1.42. The smallest absolute Gasteiger partial charge is 0.340 e. The maximum Gasteiger partial charge on any atom is 0.340 e. The molecule has 0 atom stereocenters. The molecular weight excluding hydrogens is 235 g/mol. The van der Waals surface area contributed by atoms with Crippen molar-refractivity contribution >= 4 is 11.7 Å². The molecule has 2 rings (SSSR count). The summed E-state index contributed by atoms with van der Waals surface area (Å²) in [5, 5.41) is 0. The van der Waals surface area contributed by atoms with Crippen molar-refractivity contribution in [1.29, 1.82) is 0 Å². The first-order valence-electron chi connectivity index (χ1n) is 5.28. The van der Waals surface area contributed by atoms with E-state index in [9.17, 15) is 9.18 Å². The van der Waals surface area contributed by atoms with Gasteiger partial charge in [0.15, 0.2) is 0 Å². The predicted octanol–water partition coefficient (Wildman–Crippen LogP) is 2.16. The third-order valence-corrected chi connectivity index (χ3v) is 2.33. The molecule has 0 bridgehead atoms. The molecule has 0 aliphatic carbocycles. The van der Waals surface area contributed by atoms with Crippen LogP contribution in [-0.4, -0.2) is 11.0 Å². The van der Waals surface area contributed by atoms with Gasteiger partial charge in [-0.3, -0.25) is 4.98 Å². The van der Waals surface area contributed by atoms with Crippen LogP contribution in [0.2, 0.25) is 0 Å². The summed E-state index contributed by atoms with van der Waals surface area (Å²) in [6.45, 7) is 0.0721. The summed E-state index contributed by atoms with van der Waals surface area (Å²) in [5.41, 5.74) is 6.54. The molecule has 0 amide bonds. The van der Waals surface area contributed by atoms with Gasteiger partial charge in [0.05, 0.1) is 5.56 Å². The van der Waals surface area contributed by atoms with Crippen molar-refractivity contribution in [2.75, 3.05) is 5.73 Å². The van der Waals surface area contributed by atoms with E-state index in [4.69, 9.17) is 10.5 Å². The second kappa shape index (κ2) is 5.27. The second-order valence-corrected chi connectivity index (χ2v) is 3.67. The fourth-order valence-electron chi connectivity index (χ4n) is 1.42. The first kappa shape index (κ1) is 12.0. The number of benzene rings is 1. The standard InChI is InChI=1S/C13H11FN2O2/c14-10-3-4-12(15)11(6-10)13(17)18-8-9-2-1-5-16-7-9/h1-7H,8,15H2. The van der Waals surface area contributed by atoms with Gasteiger partial charge in [0, 0.05) is 23.6 Å². The summed E-state index contributed by atoms with van der Waals surface area (Å²) in [5.74, 6) is -1.19. The minimum absolute atomic E-state index is 0.0268. The number of aromatic nitrogens is 1. The average Bonchev–Trinajstić information content (AvgIpc) is 2.40. The van der Waals surface area contributed by atoms with Gasteiger partial charge in [-0.05, 0) is 24.3 Å². The second-order valence-electron chi connectivity index (χ2n) is 3.67. The van der Waals surface area contributed by atoms with Crippen LogP contribution in [-0.2, 0) is 11.3 Å². The van der Waals surface area contributed by atoms with Crippen LogP contribution in [0.4, 0.5) is 10.1 Å². The summed E-state index contributed by atoms with van der Waals surface area (Å²) in [4.78, 5) is 15.6. The van der Waals surface area contributed by atoms with Gasteiger partial charge in [-0.1, -0.05) is 6.07 Å². The molecule has 18 heavy (non-hydrogen) atoms. The molecule has 0 saturated heterocycles. The number of carbonyl (C=O) groups is 1. The van der Waals surface area contributed by atoms with Crippen molar-refractivity contribution < 1.29 is 13.9 Å². The Morgan fingerprint density at radius 3 is 2.94 bits per heavy atom. The summed E-state index contributed by atoms with van der Waals surface area (Å²) in [6, 6.07) is 7.08. The van der Waals surface area contributed by atoms with Crippen molar-refractivity contribution in [3.05, 3.63) is 59.7 Å². The van der Waals surface area contributed by atoms with Crippen LogP contribution >= 0.6 is 0 Å². The zero-order valence-electron chi connectivity index (χ0n) is 9.47. The number of nitrogen functional groups attached to an aromatic ring is 1. The Kier molecular flexibility index (Phi) is 3.52. The van der Waals surface area contributed by atoms with Crippen molar-refractivity contribution in [3.63, 3.8) is 0 Å². The highest BCUT2D eigenvalue weighted by molar-refractivity contribution is 5.95. The number of halogens is 1. The van der Waals surface area contributed by atoms with Crippen molar-refractivity contribution in [2.45, 2.75) is 6.61 Å². The maximum absolute atomic E-state index is 13.0. The number of anilines is 1. The number of nitrogens with two attached hydrogens (primary N) is 1. The van der Waals surface area contributed by atoms with Crippen molar-refractivity contribution in [3.8, 4) is 0 Å². The van der Waals surface area contributed by atoms with E-state index in [2.05, 4.69) is 4.98 Å².